The van der Waals surface area contributed by atoms with E-state index < -0.39 is 6.09 Å². The molecule has 5 heteroatoms. The van der Waals surface area contributed by atoms with Crippen LogP contribution in [0.4, 0.5) is 10.5 Å². The van der Waals surface area contributed by atoms with Crippen LogP contribution in [-0.2, 0) is 11.3 Å². The lowest BCUT2D eigenvalue weighted by Gasteiger charge is -2.10. The zero-order valence-corrected chi connectivity index (χ0v) is 12.5. The topological polar surface area (TPSA) is 58.6 Å². The van der Waals surface area contributed by atoms with Gasteiger partial charge in [0.2, 0.25) is 0 Å². The summed E-state index contributed by atoms with van der Waals surface area (Å²) in [4.78, 5) is 11.7. The molecule has 20 heavy (non-hydrogen) atoms. The normalized spacial score (nSPS) is 10.1. The zero-order valence-electron chi connectivity index (χ0n) is 10.9. The Morgan fingerprint density at radius 2 is 2.00 bits per heavy atom. The highest BCUT2D eigenvalue weighted by Crippen LogP contribution is 2.30. The quantitative estimate of drug-likeness (QED) is 0.826. The Balaban J connectivity index is 1.97. The number of ether oxygens (including phenoxy) is 1. The van der Waals surface area contributed by atoms with Crippen LogP contribution in [0.25, 0.3) is 0 Å². The number of hydrogen-bond donors (Lipinski definition) is 2. The van der Waals surface area contributed by atoms with Crippen LogP contribution in [0.15, 0.2) is 46.9 Å². The van der Waals surface area contributed by atoms with Crippen LogP contribution < -0.4 is 5.32 Å². The van der Waals surface area contributed by atoms with Crippen LogP contribution >= 0.6 is 15.9 Å². The van der Waals surface area contributed by atoms with Crippen LogP contribution in [0.3, 0.4) is 0 Å². The number of benzene rings is 2. The maximum atomic E-state index is 11.7. The van der Waals surface area contributed by atoms with E-state index in [1.807, 2.05) is 30.3 Å². The van der Waals surface area contributed by atoms with E-state index in [2.05, 4.69) is 21.2 Å². The van der Waals surface area contributed by atoms with E-state index in [4.69, 9.17) is 4.74 Å². The predicted octanol–water partition coefficient (Wildman–Crippen LogP) is 4.21. The van der Waals surface area contributed by atoms with Crippen LogP contribution in [0.2, 0.25) is 0 Å². The summed E-state index contributed by atoms with van der Waals surface area (Å²) in [6.07, 6.45) is -0.533. The van der Waals surface area contributed by atoms with Gasteiger partial charge in [0.1, 0.15) is 12.4 Å². The Hall–Kier alpha value is -2.01. The summed E-state index contributed by atoms with van der Waals surface area (Å²) >= 11 is 3.20. The summed E-state index contributed by atoms with van der Waals surface area (Å²) in [5, 5.41) is 12.2. The molecule has 0 unspecified atom stereocenters. The zero-order chi connectivity index (χ0) is 14.5. The third kappa shape index (κ3) is 3.74. The van der Waals surface area contributed by atoms with E-state index in [-0.39, 0.29) is 12.4 Å². The smallest absolute Gasteiger partial charge is 0.411 e. The Bertz CT molecular complexity index is 614. The van der Waals surface area contributed by atoms with Crippen LogP contribution in [0.1, 0.15) is 11.1 Å². The van der Waals surface area contributed by atoms with Crippen molar-refractivity contribution in [3.05, 3.63) is 58.1 Å². The Morgan fingerprint density at radius 3 is 2.70 bits per heavy atom. The number of rotatable bonds is 3. The van der Waals surface area contributed by atoms with Crippen molar-refractivity contribution in [3.63, 3.8) is 0 Å². The molecule has 0 spiro atoms. The van der Waals surface area contributed by atoms with Gasteiger partial charge in [-0.25, -0.2) is 4.79 Å². The van der Waals surface area contributed by atoms with Gasteiger partial charge in [0.25, 0.3) is 0 Å². The molecule has 0 saturated carbocycles. The standard InChI is InChI=1S/C15H14BrNO3/c1-10-7-14(18)12(16)8-13(10)17-15(19)20-9-11-5-3-2-4-6-11/h2-8,18H,9H2,1H3,(H,17,19). The first kappa shape index (κ1) is 14.4. The second kappa shape index (κ2) is 6.43. The molecule has 0 fully saturated rings. The second-order valence-corrected chi connectivity index (χ2v) is 5.16. The average molecular weight is 336 g/mol. The van der Waals surface area contributed by atoms with Gasteiger partial charge in [0, 0.05) is 5.69 Å². The molecular formula is C15H14BrNO3. The first-order valence-corrected chi connectivity index (χ1v) is 6.82. The maximum Gasteiger partial charge on any atom is 0.411 e. The molecule has 0 aliphatic rings. The predicted molar refractivity (Wildman–Crippen MR) is 80.8 cm³/mol. The van der Waals surface area contributed by atoms with Crippen molar-refractivity contribution in [1.29, 1.82) is 0 Å². The van der Waals surface area contributed by atoms with Crippen molar-refractivity contribution in [3.8, 4) is 5.75 Å². The van der Waals surface area contributed by atoms with Crippen molar-refractivity contribution in [2.75, 3.05) is 5.32 Å². The number of anilines is 1. The molecule has 0 aliphatic carbocycles. The Morgan fingerprint density at radius 1 is 1.30 bits per heavy atom. The summed E-state index contributed by atoms with van der Waals surface area (Å²) in [6.45, 7) is 2.00. The van der Waals surface area contributed by atoms with Crippen molar-refractivity contribution in [2.45, 2.75) is 13.5 Å². The maximum absolute atomic E-state index is 11.7. The fourth-order valence-electron chi connectivity index (χ4n) is 1.67. The van der Waals surface area contributed by atoms with E-state index in [1.165, 1.54) is 0 Å². The molecule has 2 rings (SSSR count). The minimum absolute atomic E-state index is 0.130. The van der Waals surface area contributed by atoms with E-state index in [0.29, 0.717) is 10.2 Å². The molecule has 0 aliphatic heterocycles. The lowest BCUT2D eigenvalue weighted by atomic mass is 10.2. The number of carbonyl (C=O) groups is 1. The molecule has 0 atom stereocenters. The minimum atomic E-state index is -0.533. The van der Waals surface area contributed by atoms with Gasteiger partial charge >= 0.3 is 6.09 Å². The van der Waals surface area contributed by atoms with Gasteiger partial charge in [-0.3, -0.25) is 5.32 Å². The molecule has 104 valence electrons. The number of hydrogen-bond acceptors (Lipinski definition) is 3. The summed E-state index contributed by atoms with van der Waals surface area (Å²) in [6, 6.07) is 12.6. The number of aryl methyl sites for hydroxylation is 1. The largest absolute Gasteiger partial charge is 0.507 e. The van der Waals surface area contributed by atoms with Gasteiger partial charge in [-0.1, -0.05) is 30.3 Å². The third-order valence-electron chi connectivity index (χ3n) is 2.74. The number of nitrogens with one attached hydrogen (secondary N) is 1. The molecule has 0 aromatic heterocycles. The summed E-state index contributed by atoms with van der Waals surface area (Å²) < 4.78 is 5.64. The molecule has 4 nitrogen and oxygen atoms in total. The van der Waals surface area contributed by atoms with E-state index in [9.17, 15) is 9.90 Å². The highest BCUT2D eigenvalue weighted by Gasteiger charge is 2.09. The molecular weight excluding hydrogens is 322 g/mol. The molecule has 0 heterocycles. The molecule has 0 saturated heterocycles. The fraction of sp³-hybridized carbons (Fsp3) is 0.133. The monoisotopic (exact) mass is 335 g/mol. The second-order valence-electron chi connectivity index (χ2n) is 4.31. The van der Waals surface area contributed by atoms with Crippen LogP contribution in [-0.4, -0.2) is 11.2 Å². The molecule has 2 aromatic rings. The van der Waals surface area contributed by atoms with E-state index in [1.54, 1.807) is 19.1 Å². The van der Waals surface area contributed by atoms with Gasteiger partial charge in [0.05, 0.1) is 4.47 Å². The van der Waals surface area contributed by atoms with Crippen LogP contribution in [0.5, 0.6) is 5.75 Å². The summed E-state index contributed by atoms with van der Waals surface area (Å²) in [7, 11) is 0. The van der Waals surface area contributed by atoms with Gasteiger partial charge in [-0.2, -0.15) is 0 Å². The van der Waals surface area contributed by atoms with E-state index in [0.717, 1.165) is 11.1 Å². The number of phenols is 1. The van der Waals surface area contributed by atoms with Gasteiger partial charge in [-0.15, -0.1) is 0 Å². The molecule has 2 N–H and O–H groups in total. The third-order valence-corrected chi connectivity index (χ3v) is 3.38. The molecule has 1 amide bonds. The Labute approximate surface area is 125 Å². The van der Waals surface area contributed by atoms with Crippen molar-refractivity contribution in [1.82, 2.24) is 0 Å². The summed E-state index contributed by atoms with van der Waals surface area (Å²) in [5.41, 5.74) is 2.27. The van der Waals surface area contributed by atoms with Crippen LogP contribution in [0, 0.1) is 6.92 Å². The van der Waals surface area contributed by atoms with Gasteiger partial charge in [0.15, 0.2) is 0 Å². The average Bonchev–Trinajstić information content (AvgIpc) is 2.44. The molecule has 0 radical (unpaired) electrons. The van der Waals surface area contributed by atoms with Crippen molar-refractivity contribution < 1.29 is 14.6 Å². The first-order valence-electron chi connectivity index (χ1n) is 6.03. The number of aromatic hydroxyl groups is 1. The van der Waals surface area contributed by atoms with Crippen molar-refractivity contribution >= 4 is 27.7 Å². The minimum Gasteiger partial charge on any atom is -0.507 e. The molecule has 0 bridgehead atoms. The van der Waals surface area contributed by atoms with E-state index >= 15 is 0 Å². The number of halogens is 1. The lowest BCUT2D eigenvalue weighted by molar-refractivity contribution is 0.155. The van der Waals surface area contributed by atoms with Gasteiger partial charge in [-0.05, 0) is 46.1 Å². The fourth-order valence-corrected chi connectivity index (χ4v) is 2.01. The Kier molecular flexibility index (Phi) is 4.63. The number of carbonyl (C=O) groups excluding carboxylic acids is 1. The first-order chi connectivity index (χ1) is 9.56. The van der Waals surface area contributed by atoms with Crippen molar-refractivity contribution in [2.24, 2.45) is 0 Å². The highest BCUT2D eigenvalue weighted by molar-refractivity contribution is 9.10. The highest BCUT2D eigenvalue weighted by atomic mass is 79.9. The van der Waals surface area contributed by atoms with Gasteiger partial charge < -0.3 is 9.84 Å². The molecule has 2 aromatic carbocycles. The number of phenolic OH excluding ortho intramolecular Hbond substituents is 1. The number of amides is 1. The SMILES string of the molecule is Cc1cc(O)c(Br)cc1NC(=O)OCc1ccccc1. The lowest BCUT2D eigenvalue weighted by Crippen LogP contribution is -2.14. The summed E-state index contributed by atoms with van der Waals surface area (Å²) in [5.74, 6) is 0.130.